The zero-order valence-electron chi connectivity index (χ0n) is 15.8. The maximum Gasteiger partial charge on any atom is 0.365 e. The predicted octanol–water partition coefficient (Wildman–Crippen LogP) is 2.80. The number of nitrogens with zero attached hydrogens (tertiary/aromatic N) is 5. The summed E-state index contributed by atoms with van der Waals surface area (Å²) >= 11 is 12.2. The number of nitrogens with two attached hydrogens (primary N) is 1. The lowest BCUT2D eigenvalue weighted by atomic mass is 10.2. The summed E-state index contributed by atoms with van der Waals surface area (Å²) in [6.07, 6.45) is 3.36. The molecule has 8 nitrogen and oxygen atoms in total. The second kappa shape index (κ2) is 8.73. The number of carbonyl (C=O) groups excluding carboxylic acids is 1. The average Bonchev–Trinajstić information content (AvgIpc) is 3.11. The van der Waals surface area contributed by atoms with Crippen LogP contribution in [0.2, 0.25) is 10.0 Å². The molecule has 1 aromatic heterocycles. The number of hydrogen-bond donors (Lipinski definition) is 1. The fraction of sp³-hybridized carbons (Fsp3) is 0.200. The van der Waals surface area contributed by atoms with Gasteiger partial charge in [-0.1, -0.05) is 35.3 Å². The number of benzene rings is 1. The molecule has 10 heteroatoms. The molecule has 0 atom stereocenters. The van der Waals surface area contributed by atoms with E-state index in [0.29, 0.717) is 53.6 Å². The van der Waals surface area contributed by atoms with E-state index in [1.807, 2.05) is 21.9 Å². The number of guanidine groups is 1. The van der Waals surface area contributed by atoms with Crippen LogP contribution in [0.1, 0.15) is 5.56 Å². The van der Waals surface area contributed by atoms with Gasteiger partial charge in [0.25, 0.3) is 0 Å². The molecule has 0 unspecified atom stereocenters. The van der Waals surface area contributed by atoms with Gasteiger partial charge in [-0.2, -0.15) is 4.99 Å². The first-order chi connectivity index (χ1) is 14.5. The lowest BCUT2D eigenvalue weighted by molar-refractivity contribution is -0.130. The Balaban J connectivity index is 1.43. The lowest BCUT2D eigenvalue weighted by Crippen LogP contribution is -2.49. The molecular weight excluding hydrogens is 427 g/mol. The fourth-order valence-electron chi connectivity index (χ4n) is 3.04. The van der Waals surface area contributed by atoms with E-state index in [0.717, 1.165) is 0 Å². The number of cyclic esters (lactones) is 1. The van der Waals surface area contributed by atoms with Crippen LogP contribution < -0.4 is 5.73 Å². The molecule has 0 saturated carbocycles. The van der Waals surface area contributed by atoms with Crippen molar-refractivity contribution in [3.05, 3.63) is 70.1 Å². The molecule has 0 amide bonds. The van der Waals surface area contributed by atoms with Crippen LogP contribution in [0.25, 0.3) is 0 Å². The summed E-state index contributed by atoms with van der Waals surface area (Å²) in [6, 6.07) is 10.5. The summed E-state index contributed by atoms with van der Waals surface area (Å²) in [4.78, 5) is 29.0. The molecule has 1 aromatic carbocycles. The fourth-order valence-corrected chi connectivity index (χ4v) is 3.43. The highest BCUT2D eigenvalue weighted by molar-refractivity contribution is 6.44. The minimum atomic E-state index is -0.528. The Kier molecular flexibility index (Phi) is 5.87. The summed E-state index contributed by atoms with van der Waals surface area (Å²) in [6.45, 7) is 2.60. The Morgan fingerprint density at radius 1 is 1.13 bits per heavy atom. The van der Waals surface area contributed by atoms with Crippen LogP contribution >= 0.6 is 23.2 Å². The molecular formula is C20H18Cl2N6O2. The van der Waals surface area contributed by atoms with Gasteiger partial charge in [0.2, 0.25) is 5.90 Å². The smallest absolute Gasteiger partial charge is 0.365 e. The predicted molar refractivity (Wildman–Crippen MR) is 116 cm³/mol. The van der Waals surface area contributed by atoms with Crippen molar-refractivity contribution in [2.45, 2.75) is 0 Å². The highest BCUT2D eigenvalue weighted by Gasteiger charge is 2.27. The number of esters is 1. The van der Waals surface area contributed by atoms with Gasteiger partial charge in [-0.05, 0) is 24.3 Å². The molecule has 3 heterocycles. The van der Waals surface area contributed by atoms with Crippen LogP contribution in [-0.4, -0.2) is 58.8 Å². The van der Waals surface area contributed by atoms with Crippen molar-refractivity contribution in [1.82, 2.24) is 14.8 Å². The van der Waals surface area contributed by atoms with E-state index in [9.17, 15) is 4.79 Å². The van der Waals surface area contributed by atoms with E-state index < -0.39 is 5.97 Å². The minimum Gasteiger partial charge on any atom is -0.402 e. The zero-order valence-corrected chi connectivity index (χ0v) is 17.3. The maximum absolute atomic E-state index is 12.2. The van der Waals surface area contributed by atoms with Crippen molar-refractivity contribution in [2.75, 3.05) is 26.2 Å². The largest absolute Gasteiger partial charge is 0.402 e. The summed E-state index contributed by atoms with van der Waals surface area (Å²) in [7, 11) is 0. The van der Waals surface area contributed by atoms with E-state index >= 15 is 0 Å². The molecule has 2 N–H and O–H groups in total. The average molecular weight is 445 g/mol. The number of piperazine rings is 1. The number of halogens is 2. The summed E-state index contributed by atoms with van der Waals surface area (Å²) < 4.78 is 5.28. The van der Waals surface area contributed by atoms with E-state index in [2.05, 4.69) is 15.0 Å². The van der Waals surface area contributed by atoms with Crippen LogP contribution in [0.3, 0.4) is 0 Å². The molecule has 0 radical (unpaired) electrons. The number of aliphatic imine (C=N–C) groups is 2. The summed E-state index contributed by atoms with van der Waals surface area (Å²) in [5, 5.41) is 0.662. The third kappa shape index (κ3) is 4.39. The monoisotopic (exact) mass is 444 g/mol. The molecule has 1 fully saturated rings. The summed E-state index contributed by atoms with van der Waals surface area (Å²) in [5.74, 6) is 0.593. The van der Waals surface area contributed by atoms with Crippen LogP contribution in [-0.2, 0) is 9.53 Å². The van der Waals surface area contributed by atoms with Gasteiger partial charge < -0.3 is 20.3 Å². The van der Waals surface area contributed by atoms with E-state index in [1.54, 1.807) is 36.7 Å². The summed E-state index contributed by atoms with van der Waals surface area (Å²) in [5.41, 5.74) is 6.79. The molecule has 2 aromatic rings. The zero-order chi connectivity index (χ0) is 21.1. The number of hydrogen-bond acceptors (Lipinski definition) is 6. The van der Waals surface area contributed by atoms with Crippen molar-refractivity contribution in [1.29, 1.82) is 0 Å². The standard InChI is InChI=1S/C20H18Cl2N6O2/c21-14-5-3-4-13(17(14)22)18-25-15(19(29)30-18)12-27-8-10-28(11-9-27)20(23)26-16-6-1-2-7-24-16/h1-7,12H,8-11H2,(H2,23,24,26)/b15-12+. The number of pyridine rings is 1. The molecule has 1 saturated heterocycles. The Labute approximate surface area is 183 Å². The number of rotatable bonds is 3. The van der Waals surface area contributed by atoms with Gasteiger partial charge in [0, 0.05) is 38.6 Å². The number of carbonyl (C=O) groups is 1. The van der Waals surface area contributed by atoms with Crippen LogP contribution in [0, 0.1) is 0 Å². The number of ether oxygens (including phenoxy) is 1. The van der Waals surface area contributed by atoms with E-state index in [-0.39, 0.29) is 11.6 Å². The molecule has 30 heavy (non-hydrogen) atoms. The molecule has 4 rings (SSSR count). The molecule has 0 bridgehead atoms. The van der Waals surface area contributed by atoms with Gasteiger partial charge >= 0.3 is 5.97 Å². The third-order valence-electron chi connectivity index (χ3n) is 4.62. The molecule has 0 aliphatic carbocycles. The normalized spacial score (nSPS) is 18.6. The van der Waals surface area contributed by atoms with Gasteiger partial charge in [-0.3, -0.25) is 0 Å². The van der Waals surface area contributed by atoms with E-state index in [4.69, 9.17) is 33.7 Å². The van der Waals surface area contributed by atoms with Crippen LogP contribution in [0.15, 0.2) is 64.5 Å². The minimum absolute atomic E-state index is 0.143. The SMILES string of the molecule is NC(=Nc1ccccn1)N1CCN(/C=C2/N=C(c3cccc(Cl)c3Cl)OC2=O)CC1. The highest BCUT2D eigenvalue weighted by atomic mass is 35.5. The molecule has 0 spiro atoms. The van der Waals surface area contributed by atoms with Crippen LogP contribution in [0.5, 0.6) is 0 Å². The van der Waals surface area contributed by atoms with Crippen molar-refractivity contribution in [3.63, 3.8) is 0 Å². The van der Waals surface area contributed by atoms with Crippen LogP contribution in [0.4, 0.5) is 5.82 Å². The first kappa shape index (κ1) is 20.2. The van der Waals surface area contributed by atoms with Gasteiger partial charge in [0.1, 0.15) is 0 Å². The first-order valence-corrected chi connectivity index (χ1v) is 9.98. The second-order valence-corrected chi connectivity index (χ2v) is 7.39. The third-order valence-corrected chi connectivity index (χ3v) is 5.44. The Morgan fingerprint density at radius 3 is 2.67 bits per heavy atom. The van der Waals surface area contributed by atoms with Gasteiger partial charge in [-0.25, -0.2) is 14.8 Å². The van der Waals surface area contributed by atoms with Gasteiger partial charge in [-0.15, -0.1) is 0 Å². The number of aromatic nitrogens is 1. The van der Waals surface area contributed by atoms with Gasteiger partial charge in [0.15, 0.2) is 17.5 Å². The van der Waals surface area contributed by atoms with Gasteiger partial charge in [0.05, 0.1) is 15.6 Å². The van der Waals surface area contributed by atoms with E-state index in [1.165, 1.54) is 0 Å². The van der Waals surface area contributed by atoms with Crippen molar-refractivity contribution < 1.29 is 9.53 Å². The van der Waals surface area contributed by atoms with Crippen molar-refractivity contribution in [2.24, 2.45) is 15.7 Å². The molecule has 2 aliphatic rings. The lowest BCUT2D eigenvalue weighted by Gasteiger charge is -2.34. The highest BCUT2D eigenvalue weighted by Crippen LogP contribution is 2.28. The maximum atomic E-state index is 12.2. The van der Waals surface area contributed by atoms with Crippen molar-refractivity contribution >= 4 is 46.8 Å². The molecule has 2 aliphatic heterocycles. The molecule has 154 valence electrons. The Hall–Kier alpha value is -3.10. The quantitative estimate of drug-likeness (QED) is 0.338. The second-order valence-electron chi connectivity index (χ2n) is 6.60. The first-order valence-electron chi connectivity index (χ1n) is 9.22. The Bertz CT molecular complexity index is 1050. The Morgan fingerprint density at radius 2 is 1.93 bits per heavy atom. The topological polar surface area (TPSA) is 96.4 Å². The van der Waals surface area contributed by atoms with Crippen molar-refractivity contribution in [3.8, 4) is 0 Å².